The molecule has 0 spiro atoms. The van der Waals surface area contributed by atoms with Gasteiger partial charge in [0, 0.05) is 23.3 Å². The minimum atomic E-state index is 0.427. The molecule has 3 rings (SSSR count). The monoisotopic (exact) mass is 472 g/mol. The average molecular weight is 474 g/mol. The molecule has 0 amide bonds. The van der Waals surface area contributed by atoms with Crippen molar-refractivity contribution >= 4 is 68.0 Å². The standard InChI is InChI=1S/C16H15BrCl2N6S/c1-9-14(6-20-24(9)2)21-16(26)22-15-12(17)8-25(23-15)7-10-3-4-11(18)5-13(10)19/h3-6,8H,7H2,1-2H3,(H2,21,22,23,26). The second-order valence-corrected chi connectivity index (χ2v) is 7.71. The molecule has 26 heavy (non-hydrogen) atoms. The van der Waals surface area contributed by atoms with E-state index in [9.17, 15) is 0 Å². The summed E-state index contributed by atoms with van der Waals surface area (Å²) in [6.45, 7) is 2.47. The van der Waals surface area contributed by atoms with E-state index in [1.54, 1.807) is 27.7 Å². The van der Waals surface area contributed by atoms with Gasteiger partial charge in [0.05, 0.1) is 28.6 Å². The maximum Gasteiger partial charge on any atom is 0.176 e. The molecule has 0 unspecified atom stereocenters. The Hall–Kier alpha value is -1.61. The van der Waals surface area contributed by atoms with Crippen LogP contribution in [0.3, 0.4) is 0 Å². The zero-order valence-corrected chi connectivity index (χ0v) is 17.8. The van der Waals surface area contributed by atoms with E-state index in [-0.39, 0.29) is 0 Å². The highest BCUT2D eigenvalue weighted by atomic mass is 79.9. The zero-order valence-electron chi connectivity index (χ0n) is 13.9. The van der Waals surface area contributed by atoms with Crippen LogP contribution in [0.4, 0.5) is 11.5 Å². The first-order valence-corrected chi connectivity index (χ1v) is 9.52. The third kappa shape index (κ3) is 4.37. The van der Waals surface area contributed by atoms with Crippen LogP contribution >= 0.6 is 51.3 Å². The Bertz CT molecular complexity index is 968. The number of hydrogen-bond acceptors (Lipinski definition) is 3. The van der Waals surface area contributed by atoms with Gasteiger partial charge in [0.1, 0.15) is 0 Å². The molecule has 0 saturated heterocycles. The molecule has 0 saturated carbocycles. The first kappa shape index (κ1) is 19.2. The summed E-state index contributed by atoms with van der Waals surface area (Å²) in [6, 6.07) is 5.39. The van der Waals surface area contributed by atoms with Gasteiger partial charge in [-0.25, -0.2) is 0 Å². The average Bonchev–Trinajstić information content (AvgIpc) is 3.07. The summed E-state index contributed by atoms with van der Waals surface area (Å²) in [6.07, 6.45) is 3.57. The van der Waals surface area contributed by atoms with Crippen LogP contribution in [0.2, 0.25) is 10.0 Å². The van der Waals surface area contributed by atoms with E-state index < -0.39 is 0 Å². The lowest BCUT2D eigenvalue weighted by Gasteiger charge is -2.08. The molecule has 10 heteroatoms. The van der Waals surface area contributed by atoms with Crippen LogP contribution in [0.25, 0.3) is 0 Å². The number of aromatic nitrogens is 4. The predicted molar refractivity (Wildman–Crippen MR) is 113 cm³/mol. The van der Waals surface area contributed by atoms with Crippen molar-refractivity contribution in [1.82, 2.24) is 19.6 Å². The number of rotatable bonds is 4. The largest absolute Gasteiger partial charge is 0.330 e. The number of hydrogen-bond donors (Lipinski definition) is 2. The SMILES string of the molecule is Cc1c(NC(=S)Nc2nn(Cc3ccc(Cl)cc3Cl)cc2Br)cnn1C. The molecule has 0 atom stereocenters. The first-order chi connectivity index (χ1) is 12.3. The molecule has 0 fully saturated rings. The van der Waals surface area contributed by atoms with E-state index in [0.29, 0.717) is 27.5 Å². The minimum absolute atomic E-state index is 0.427. The smallest absolute Gasteiger partial charge is 0.176 e. The summed E-state index contributed by atoms with van der Waals surface area (Å²) >= 11 is 21.0. The normalized spacial score (nSPS) is 10.8. The van der Waals surface area contributed by atoms with Crippen molar-refractivity contribution in [2.75, 3.05) is 10.6 Å². The van der Waals surface area contributed by atoms with Crippen molar-refractivity contribution in [1.29, 1.82) is 0 Å². The number of anilines is 2. The highest BCUT2D eigenvalue weighted by molar-refractivity contribution is 9.10. The Morgan fingerprint density at radius 3 is 2.73 bits per heavy atom. The van der Waals surface area contributed by atoms with Crippen LogP contribution < -0.4 is 10.6 Å². The molecule has 2 aromatic heterocycles. The number of nitrogens with one attached hydrogen (secondary N) is 2. The van der Waals surface area contributed by atoms with Crippen molar-refractivity contribution in [3.05, 3.63) is 56.4 Å². The van der Waals surface area contributed by atoms with E-state index in [4.69, 9.17) is 35.4 Å². The van der Waals surface area contributed by atoms with E-state index in [0.717, 1.165) is 21.4 Å². The second kappa shape index (κ2) is 7.96. The van der Waals surface area contributed by atoms with Crippen LogP contribution in [-0.2, 0) is 13.6 Å². The van der Waals surface area contributed by atoms with Crippen LogP contribution in [0, 0.1) is 6.92 Å². The molecule has 0 bridgehead atoms. The van der Waals surface area contributed by atoms with Crippen LogP contribution in [0.15, 0.2) is 35.1 Å². The second-order valence-electron chi connectivity index (χ2n) is 5.61. The zero-order chi connectivity index (χ0) is 18.8. The highest BCUT2D eigenvalue weighted by Gasteiger charge is 2.11. The Morgan fingerprint density at radius 1 is 1.31 bits per heavy atom. The Kier molecular flexibility index (Phi) is 5.86. The molecule has 136 valence electrons. The third-order valence-electron chi connectivity index (χ3n) is 3.78. The lowest BCUT2D eigenvalue weighted by Crippen LogP contribution is -2.20. The number of thiocarbonyl (C=S) groups is 1. The Morgan fingerprint density at radius 2 is 2.08 bits per heavy atom. The maximum absolute atomic E-state index is 6.23. The van der Waals surface area contributed by atoms with Crippen molar-refractivity contribution in [3.8, 4) is 0 Å². The molecule has 2 N–H and O–H groups in total. The van der Waals surface area contributed by atoms with Gasteiger partial charge in [-0.1, -0.05) is 29.3 Å². The lowest BCUT2D eigenvalue weighted by atomic mass is 10.2. The highest BCUT2D eigenvalue weighted by Crippen LogP contribution is 2.25. The van der Waals surface area contributed by atoms with E-state index in [1.807, 2.05) is 26.2 Å². The lowest BCUT2D eigenvalue weighted by molar-refractivity contribution is 0.690. The molecule has 0 aliphatic heterocycles. The predicted octanol–water partition coefficient (Wildman–Crippen LogP) is 4.85. The summed E-state index contributed by atoms with van der Waals surface area (Å²) in [5, 5.41) is 16.5. The van der Waals surface area contributed by atoms with Crippen molar-refractivity contribution in [2.24, 2.45) is 7.05 Å². The van der Waals surface area contributed by atoms with Gasteiger partial charge in [0.15, 0.2) is 10.9 Å². The van der Waals surface area contributed by atoms with Gasteiger partial charge in [-0.2, -0.15) is 10.2 Å². The Balaban J connectivity index is 1.69. The third-order valence-corrected chi connectivity index (χ3v) is 5.15. The van der Waals surface area contributed by atoms with Gasteiger partial charge in [0.25, 0.3) is 0 Å². The fourth-order valence-electron chi connectivity index (χ4n) is 2.27. The molecule has 0 aliphatic rings. The number of nitrogens with zero attached hydrogens (tertiary/aromatic N) is 4. The summed E-state index contributed by atoms with van der Waals surface area (Å²) in [5.74, 6) is 0.606. The van der Waals surface area contributed by atoms with E-state index >= 15 is 0 Å². The summed E-state index contributed by atoms with van der Waals surface area (Å²) in [4.78, 5) is 0. The fourth-order valence-corrected chi connectivity index (χ4v) is 3.36. The van der Waals surface area contributed by atoms with Gasteiger partial charge >= 0.3 is 0 Å². The molecular formula is C16H15BrCl2N6S. The molecule has 3 aromatic rings. The fraction of sp³-hybridized carbons (Fsp3) is 0.188. The quantitative estimate of drug-likeness (QED) is 0.530. The summed E-state index contributed by atoms with van der Waals surface area (Å²) < 4.78 is 4.32. The van der Waals surface area contributed by atoms with Gasteiger partial charge in [-0.05, 0) is 52.8 Å². The summed E-state index contributed by atoms with van der Waals surface area (Å²) in [7, 11) is 1.87. The van der Waals surface area contributed by atoms with Crippen LogP contribution in [0.1, 0.15) is 11.3 Å². The molecule has 6 nitrogen and oxygen atoms in total. The van der Waals surface area contributed by atoms with Gasteiger partial charge in [-0.3, -0.25) is 9.36 Å². The maximum atomic E-state index is 6.23. The molecular weight excluding hydrogens is 459 g/mol. The number of benzene rings is 1. The van der Waals surface area contributed by atoms with Crippen molar-refractivity contribution in [2.45, 2.75) is 13.5 Å². The summed E-state index contributed by atoms with van der Waals surface area (Å²) in [5.41, 5.74) is 2.74. The molecule has 1 aromatic carbocycles. The van der Waals surface area contributed by atoms with Crippen LogP contribution in [-0.4, -0.2) is 24.7 Å². The molecule has 2 heterocycles. The molecule has 0 radical (unpaired) electrons. The Labute approximate surface area is 174 Å². The number of aryl methyl sites for hydroxylation is 1. The van der Waals surface area contributed by atoms with Gasteiger partial charge in [0.2, 0.25) is 0 Å². The van der Waals surface area contributed by atoms with Crippen LogP contribution in [0.5, 0.6) is 0 Å². The van der Waals surface area contributed by atoms with Crippen molar-refractivity contribution in [3.63, 3.8) is 0 Å². The van der Waals surface area contributed by atoms with E-state index in [1.165, 1.54) is 0 Å². The topological polar surface area (TPSA) is 59.7 Å². The molecule has 0 aliphatic carbocycles. The van der Waals surface area contributed by atoms with Crippen molar-refractivity contribution < 1.29 is 0 Å². The van der Waals surface area contributed by atoms with E-state index in [2.05, 4.69) is 36.8 Å². The van der Waals surface area contributed by atoms with Gasteiger partial charge < -0.3 is 10.6 Å². The van der Waals surface area contributed by atoms with Gasteiger partial charge in [-0.15, -0.1) is 0 Å². The minimum Gasteiger partial charge on any atom is -0.330 e. The first-order valence-electron chi connectivity index (χ1n) is 7.57. The number of halogens is 3.